The largest absolute Gasteiger partial charge is 0.388 e. The molecule has 1 N–H and O–H groups in total. The molecule has 1 heterocycles. The molecular weight excluding hydrogens is 134 g/mol. The van der Waals surface area contributed by atoms with Gasteiger partial charge in [-0.1, -0.05) is 6.08 Å². The highest BCUT2D eigenvalue weighted by molar-refractivity contribution is 5.86. The molecule has 0 aromatic heterocycles. The normalized spacial score (nSPS) is 15.4. The smallest absolute Gasteiger partial charge is 0.358 e. The van der Waals surface area contributed by atoms with Crippen LogP contribution in [0.4, 0.5) is 0 Å². The van der Waals surface area contributed by atoms with Crippen molar-refractivity contribution in [2.24, 2.45) is 5.10 Å². The minimum absolute atomic E-state index is 0.190. The topological polar surface area (TPSA) is 67.5 Å². The summed E-state index contributed by atoms with van der Waals surface area (Å²) in [5.41, 5.74) is 2.38. The second-order valence-corrected chi connectivity index (χ2v) is 1.57. The first-order valence-corrected chi connectivity index (χ1v) is 2.61. The molecule has 1 aliphatic heterocycles. The lowest BCUT2D eigenvalue weighted by molar-refractivity contribution is -0.348. The average molecular weight is 139 g/mol. The van der Waals surface area contributed by atoms with Crippen LogP contribution in [0, 0.1) is 10.1 Å². The Labute approximate surface area is 56.9 Å². The van der Waals surface area contributed by atoms with Crippen LogP contribution in [-0.2, 0) is 0 Å². The highest BCUT2D eigenvalue weighted by Crippen LogP contribution is 1.87. The van der Waals surface area contributed by atoms with E-state index in [1.807, 2.05) is 0 Å². The molecule has 5 heteroatoms. The van der Waals surface area contributed by atoms with Crippen molar-refractivity contribution in [3.8, 4) is 0 Å². The van der Waals surface area contributed by atoms with Gasteiger partial charge in [-0.2, -0.15) is 5.43 Å². The van der Waals surface area contributed by atoms with Crippen molar-refractivity contribution >= 4 is 5.84 Å². The van der Waals surface area contributed by atoms with E-state index in [-0.39, 0.29) is 5.84 Å². The van der Waals surface area contributed by atoms with Crippen LogP contribution in [0.2, 0.25) is 0 Å². The third kappa shape index (κ3) is 1.41. The Bertz CT molecular complexity index is 229. The maximum atomic E-state index is 10.1. The number of nitro groups is 1. The summed E-state index contributed by atoms with van der Waals surface area (Å²) >= 11 is 0. The Hall–Kier alpha value is -1.65. The number of hydrazone groups is 1. The zero-order chi connectivity index (χ0) is 7.40. The van der Waals surface area contributed by atoms with E-state index < -0.39 is 4.92 Å². The predicted octanol–water partition coefficient (Wildman–Crippen LogP) is 0.250. The quantitative estimate of drug-likeness (QED) is 0.386. The Morgan fingerprint density at radius 3 is 3.10 bits per heavy atom. The monoisotopic (exact) mass is 139 g/mol. The molecule has 52 valence electrons. The Morgan fingerprint density at radius 1 is 1.60 bits per heavy atom. The lowest BCUT2D eigenvalue weighted by Gasteiger charge is -1.87. The zero-order valence-corrected chi connectivity index (χ0v) is 5.02. The number of nitrogens with zero attached hydrogens (tertiary/aromatic N) is 2. The second-order valence-electron chi connectivity index (χ2n) is 1.57. The molecular formula is C5H5N3O2. The summed E-state index contributed by atoms with van der Waals surface area (Å²) in [5, 5.41) is 13.5. The lowest BCUT2D eigenvalue weighted by atomic mass is 10.4. The summed E-state index contributed by atoms with van der Waals surface area (Å²) in [6, 6.07) is 0. The fraction of sp³-hybridized carbons (Fsp3) is 0. The summed E-state index contributed by atoms with van der Waals surface area (Å²) in [5.74, 6) is -0.190. The van der Waals surface area contributed by atoms with Gasteiger partial charge in [0.1, 0.15) is 0 Å². The summed E-state index contributed by atoms with van der Waals surface area (Å²) in [4.78, 5) is 9.50. The molecule has 1 rings (SSSR count). The molecule has 0 saturated heterocycles. The number of hydrogen-bond donors (Lipinski definition) is 1. The maximum absolute atomic E-state index is 10.1. The standard InChI is InChI=1S/C5H5N3O2/c9-8(10)5-3-1-2-4-6-7-5/h1-4,6H. The van der Waals surface area contributed by atoms with Gasteiger partial charge < -0.3 is 10.1 Å². The maximum Gasteiger partial charge on any atom is 0.388 e. The molecule has 0 aliphatic carbocycles. The first kappa shape index (κ1) is 6.47. The van der Waals surface area contributed by atoms with E-state index in [9.17, 15) is 10.1 Å². The van der Waals surface area contributed by atoms with Gasteiger partial charge in [0.05, 0.1) is 5.10 Å². The minimum Gasteiger partial charge on any atom is -0.358 e. The van der Waals surface area contributed by atoms with Gasteiger partial charge >= 0.3 is 5.84 Å². The van der Waals surface area contributed by atoms with Gasteiger partial charge in [-0.05, 0) is 11.0 Å². The van der Waals surface area contributed by atoms with E-state index in [4.69, 9.17) is 0 Å². The fourth-order valence-corrected chi connectivity index (χ4v) is 0.483. The molecule has 0 aromatic carbocycles. The van der Waals surface area contributed by atoms with Crippen molar-refractivity contribution in [3.05, 3.63) is 34.5 Å². The van der Waals surface area contributed by atoms with Crippen LogP contribution < -0.4 is 5.43 Å². The van der Waals surface area contributed by atoms with Crippen molar-refractivity contribution in [1.82, 2.24) is 5.43 Å². The first-order chi connectivity index (χ1) is 4.80. The van der Waals surface area contributed by atoms with Gasteiger partial charge in [0.25, 0.3) is 0 Å². The van der Waals surface area contributed by atoms with Gasteiger partial charge in [0, 0.05) is 12.3 Å². The van der Waals surface area contributed by atoms with Crippen LogP contribution in [0.15, 0.2) is 29.5 Å². The number of rotatable bonds is 0. The van der Waals surface area contributed by atoms with Gasteiger partial charge in [-0.3, -0.25) is 0 Å². The molecule has 0 aromatic rings. The number of nitrogens with one attached hydrogen (secondary N) is 1. The highest BCUT2D eigenvalue weighted by atomic mass is 16.6. The van der Waals surface area contributed by atoms with E-state index in [0.717, 1.165) is 0 Å². The SMILES string of the molecule is O=[N+]([O-])C1=NNC=CC=C1. The van der Waals surface area contributed by atoms with Gasteiger partial charge in [0.15, 0.2) is 0 Å². The van der Waals surface area contributed by atoms with Crippen LogP contribution in [-0.4, -0.2) is 10.8 Å². The van der Waals surface area contributed by atoms with Crippen LogP contribution in [0.25, 0.3) is 0 Å². The molecule has 0 unspecified atom stereocenters. The van der Waals surface area contributed by atoms with Crippen LogP contribution in [0.1, 0.15) is 0 Å². The van der Waals surface area contributed by atoms with Gasteiger partial charge in [-0.15, -0.1) is 0 Å². The van der Waals surface area contributed by atoms with Gasteiger partial charge in [0.2, 0.25) is 0 Å². The average Bonchev–Trinajstić information content (AvgIpc) is 2.12. The summed E-state index contributed by atoms with van der Waals surface area (Å²) in [6.45, 7) is 0. The minimum atomic E-state index is -0.559. The number of allylic oxidation sites excluding steroid dienone is 2. The molecule has 0 bridgehead atoms. The van der Waals surface area contributed by atoms with Gasteiger partial charge in [-0.25, -0.2) is 0 Å². The first-order valence-electron chi connectivity index (χ1n) is 2.61. The summed E-state index contributed by atoms with van der Waals surface area (Å²) in [7, 11) is 0. The zero-order valence-electron chi connectivity index (χ0n) is 5.02. The van der Waals surface area contributed by atoms with Crippen LogP contribution in [0.5, 0.6) is 0 Å². The van der Waals surface area contributed by atoms with Crippen molar-refractivity contribution < 1.29 is 4.92 Å². The molecule has 0 spiro atoms. The third-order valence-corrected chi connectivity index (χ3v) is 0.893. The summed E-state index contributed by atoms with van der Waals surface area (Å²) in [6.07, 6.45) is 5.99. The van der Waals surface area contributed by atoms with Crippen LogP contribution in [0.3, 0.4) is 0 Å². The fourth-order valence-electron chi connectivity index (χ4n) is 0.483. The molecule has 0 atom stereocenters. The Balaban J connectivity index is 2.78. The second kappa shape index (κ2) is 2.77. The lowest BCUT2D eigenvalue weighted by Crippen LogP contribution is -2.11. The Kier molecular flexibility index (Phi) is 1.79. The van der Waals surface area contributed by atoms with Crippen molar-refractivity contribution in [2.45, 2.75) is 0 Å². The van der Waals surface area contributed by atoms with E-state index in [2.05, 4.69) is 10.5 Å². The molecule has 10 heavy (non-hydrogen) atoms. The third-order valence-electron chi connectivity index (χ3n) is 0.893. The number of hydrogen-bond acceptors (Lipinski definition) is 4. The molecule has 0 fully saturated rings. The van der Waals surface area contributed by atoms with E-state index >= 15 is 0 Å². The molecule has 1 aliphatic rings. The molecule has 0 saturated carbocycles. The van der Waals surface area contributed by atoms with Crippen molar-refractivity contribution in [2.75, 3.05) is 0 Å². The van der Waals surface area contributed by atoms with E-state index in [1.54, 1.807) is 12.2 Å². The molecule has 5 nitrogen and oxygen atoms in total. The predicted molar refractivity (Wildman–Crippen MR) is 35.8 cm³/mol. The number of amidine groups is 1. The van der Waals surface area contributed by atoms with Crippen molar-refractivity contribution in [1.29, 1.82) is 0 Å². The van der Waals surface area contributed by atoms with E-state index in [0.29, 0.717) is 0 Å². The van der Waals surface area contributed by atoms with E-state index in [1.165, 1.54) is 12.3 Å². The van der Waals surface area contributed by atoms with Crippen molar-refractivity contribution in [3.63, 3.8) is 0 Å². The molecule has 0 amide bonds. The highest BCUT2D eigenvalue weighted by Gasteiger charge is 2.06. The summed E-state index contributed by atoms with van der Waals surface area (Å²) < 4.78 is 0. The van der Waals surface area contributed by atoms with Crippen LogP contribution >= 0.6 is 0 Å². The Morgan fingerprint density at radius 2 is 2.40 bits per heavy atom. The molecule has 0 radical (unpaired) electrons.